The van der Waals surface area contributed by atoms with Gasteiger partial charge in [0.25, 0.3) is 5.56 Å². The number of carbonyl (C=O) groups excluding carboxylic acids is 1. The van der Waals surface area contributed by atoms with E-state index in [1.807, 2.05) is 0 Å². The van der Waals surface area contributed by atoms with Gasteiger partial charge in [0.15, 0.2) is 10.9 Å². The predicted molar refractivity (Wildman–Crippen MR) is 120 cm³/mol. The van der Waals surface area contributed by atoms with Crippen LogP contribution in [-0.2, 0) is 5.75 Å². The van der Waals surface area contributed by atoms with Crippen molar-refractivity contribution in [3.63, 3.8) is 0 Å². The smallest absolute Gasteiger partial charge is 0.266 e. The number of halogens is 1. The topological polar surface area (TPSA) is 61.2 Å². The summed E-state index contributed by atoms with van der Waals surface area (Å²) in [5.74, 6) is 0.433. The van der Waals surface area contributed by atoms with Crippen molar-refractivity contribution >= 4 is 28.4 Å². The number of para-hydroxylation sites is 2. The van der Waals surface area contributed by atoms with Gasteiger partial charge in [0.2, 0.25) is 0 Å². The minimum atomic E-state index is -0.514. The number of aromatic nitrogens is 2. The summed E-state index contributed by atoms with van der Waals surface area (Å²) in [5.41, 5.74) is 1.67. The molecular weight excluding hydrogens is 415 g/mol. The first-order chi connectivity index (χ1) is 15.0. The zero-order valence-electron chi connectivity index (χ0n) is 17.0. The molecule has 1 heterocycles. The standard InChI is InChI=1S/C24H19FN2O3S/c1-15(28)16-11-12-22(30-2)17(13-16)14-31-24-26-20-9-5-3-7-18(20)23(29)27(24)21-10-6-4-8-19(21)25/h3-13H,14H2,1-2H3. The molecule has 31 heavy (non-hydrogen) atoms. The van der Waals surface area contributed by atoms with E-state index in [2.05, 4.69) is 4.98 Å². The average molecular weight is 434 g/mol. The number of Topliss-reactive ketones (excluding diaryl/α,β-unsaturated/α-hetero) is 1. The molecule has 0 saturated heterocycles. The Balaban J connectivity index is 1.84. The second kappa shape index (κ2) is 8.73. The van der Waals surface area contributed by atoms with Crippen molar-refractivity contribution in [3.05, 3.63) is 94.0 Å². The summed E-state index contributed by atoms with van der Waals surface area (Å²) >= 11 is 1.28. The van der Waals surface area contributed by atoms with Gasteiger partial charge in [-0.25, -0.2) is 9.37 Å². The average Bonchev–Trinajstić information content (AvgIpc) is 2.78. The van der Waals surface area contributed by atoms with Crippen LogP contribution in [0.25, 0.3) is 16.6 Å². The summed E-state index contributed by atoms with van der Waals surface area (Å²) in [7, 11) is 1.56. The number of hydrogen-bond acceptors (Lipinski definition) is 5. The number of rotatable bonds is 6. The lowest BCUT2D eigenvalue weighted by atomic mass is 10.1. The summed E-state index contributed by atoms with van der Waals surface area (Å²) in [6, 6.07) is 18.3. The van der Waals surface area contributed by atoms with Crippen molar-refractivity contribution in [3.8, 4) is 11.4 Å². The molecule has 0 aliphatic carbocycles. The van der Waals surface area contributed by atoms with Gasteiger partial charge in [-0.05, 0) is 49.4 Å². The van der Waals surface area contributed by atoms with Crippen molar-refractivity contribution in [2.24, 2.45) is 0 Å². The SMILES string of the molecule is COc1ccc(C(C)=O)cc1CSc1nc2ccccc2c(=O)n1-c1ccccc1F. The molecule has 0 aliphatic heterocycles. The number of hydrogen-bond donors (Lipinski definition) is 0. The highest BCUT2D eigenvalue weighted by atomic mass is 32.2. The van der Waals surface area contributed by atoms with E-state index in [9.17, 15) is 14.0 Å². The summed E-state index contributed by atoms with van der Waals surface area (Å²) in [6.07, 6.45) is 0. The van der Waals surface area contributed by atoms with Gasteiger partial charge < -0.3 is 4.74 Å². The molecule has 4 aromatic rings. The molecule has 3 aromatic carbocycles. The number of nitrogens with zero attached hydrogens (tertiary/aromatic N) is 2. The monoisotopic (exact) mass is 434 g/mol. The molecule has 1 aromatic heterocycles. The first kappa shape index (κ1) is 20.8. The van der Waals surface area contributed by atoms with E-state index >= 15 is 0 Å². The van der Waals surface area contributed by atoms with Crippen LogP contribution in [0.2, 0.25) is 0 Å². The maximum absolute atomic E-state index is 14.6. The third-order valence-corrected chi connectivity index (χ3v) is 5.87. The van der Waals surface area contributed by atoms with Crippen LogP contribution in [0.4, 0.5) is 4.39 Å². The Bertz CT molecular complexity index is 1350. The van der Waals surface area contributed by atoms with Gasteiger partial charge in [0.05, 0.1) is 23.7 Å². The lowest BCUT2D eigenvalue weighted by molar-refractivity contribution is 0.101. The number of ketones is 1. The molecule has 0 unspecified atom stereocenters. The van der Waals surface area contributed by atoms with Crippen LogP contribution in [0.5, 0.6) is 5.75 Å². The summed E-state index contributed by atoms with van der Waals surface area (Å²) < 4.78 is 21.3. The lowest BCUT2D eigenvalue weighted by Crippen LogP contribution is -2.22. The zero-order valence-corrected chi connectivity index (χ0v) is 17.8. The van der Waals surface area contributed by atoms with E-state index in [0.29, 0.717) is 33.1 Å². The minimum Gasteiger partial charge on any atom is -0.496 e. The normalized spacial score (nSPS) is 10.9. The summed E-state index contributed by atoms with van der Waals surface area (Å²) in [6.45, 7) is 1.50. The molecular formula is C24H19FN2O3S. The number of fused-ring (bicyclic) bond motifs is 1. The van der Waals surface area contributed by atoms with E-state index in [4.69, 9.17) is 4.74 Å². The molecule has 5 nitrogen and oxygen atoms in total. The zero-order chi connectivity index (χ0) is 22.0. The fraction of sp³-hybridized carbons (Fsp3) is 0.125. The van der Waals surface area contributed by atoms with Crippen LogP contribution in [0.15, 0.2) is 76.7 Å². The molecule has 0 saturated carbocycles. The third kappa shape index (κ3) is 4.09. The van der Waals surface area contributed by atoms with Crippen LogP contribution >= 0.6 is 11.8 Å². The van der Waals surface area contributed by atoms with Crippen LogP contribution in [0, 0.1) is 5.82 Å². The molecule has 0 N–H and O–H groups in total. The fourth-order valence-corrected chi connectivity index (χ4v) is 4.29. The largest absolute Gasteiger partial charge is 0.496 e. The first-order valence-electron chi connectivity index (χ1n) is 9.57. The van der Waals surface area contributed by atoms with E-state index in [-0.39, 0.29) is 17.0 Å². The minimum absolute atomic E-state index is 0.0546. The molecule has 0 bridgehead atoms. The molecule has 4 rings (SSSR count). The van der Waals surface area contributed by atoms with Crippen molar-refractivity contribution in [2.45, 2.75) is 17.8 Å². The Morgan fingerprint density at radius 3 is 2.58 bits per heavy atom. The predicted octanol–water partition coefficient (Wildman–Crippen LogP) is 5.03. The van der Waals surface area contributed by atoms with Gasteiger partial charge in [-0.15, -0.1) is 0 Å². The summed E-state index contributed by atoms with van der Waals surface area (Å²) in [4.78, 5) is 29.7. The Kier molecular flexibility index (Phi) is 5.86. The Morgan fingerprint density at radius 1 is 1.10 bits per heavy atom. The maximum Gasteiger partial charge on any atom is 0.266 e. The van der Waals surface area contributed by atoms with E-state index in [1.165, 1.54) is 29.3 Å². The molecule has 0 spiro atoms. The van der Waals surface area contributed by atoms with Crippen LogP contribution in [-0.4, -0.2) is 22.4 Å². The maximum atomic E-state index is 14.6. The number of benzene rings is 3. The lowest BCUT2D eigenvalue weighted by Gasteiger charge is -2.15. The van der Waals surface area contributed by atoms with Crippen molar-refractivity contribution in [2.75, 3.05) is 7.11 Å². The van der Waals surface area contributed by atoms with Gasteiger partial charge in [-0.1, -0.05) is 36.0 Å². The Morgan fingerprint density at radius 2 is 1.84 bits per heavy atom. The molecule has 0 atom stereocenters. The molecule has 0 aliphatic rings. The highest BCUT2D eigenvalue weighted by Gasteiger charge is 2.17. The highest BCUT2D eigenvalue weighted by molar-refractivity contribution is 7.98. The number of ether oxygens (including phenoxy) is 1. The van der Waals surface area contributed by atoms with Crippen molar-refractivity contribution < 1.29 is 13.9 Å². The first-order valence-corrected chi connectivity index (χ1v) is 10.6. The number of thioether (sulfide) groups is 1. The van der Waals surface area contributed by atoms with Gasteiger partial charge in [0, 0.05) is 16.9 Å². The molecule has 0 radical (unpaired) electrons. The van der Waals surface area contributed by atoms with E-state index in [1.54, 1.807) is 67.8 Å². The van der Waals surface area contributed by atoms with Gasteiger partial charge in [-0.3, -0.25) is 14.2 Å². The quantitative estimate of drug-likeness (QED) is 0.242. The molecule has 7 heteroatoms. The van der Waals surface area contributed by atoms with Crippen LogP contribution in [0.1, 0.15) is 22.8 Å². The Labute approximate surface area is 182 Å². The van der Waals surface area contributed by atoms with Crippen LogP contribution < -0.4 is 10.3 Å². The number of methoxy groups -OCH3 is 1. The summed E-state index contributed by atoms with van der Waals surface area (Å²) in [5, 5.41) is 0.760. The number of carbonyl (C=O) groups is 1. The van der Waals surface area contributed by atoms with Crippen LogP contribution in [0.3, 0.4) is 0 Å². The molecule has 156 valence electrons. The van der Waals surface area contributed by atoms with Crippen molar-refractivity contribution in [1.82, 2.24) is 9.55 Å². The second-order valence-electron chi connectivity index (χ2n) is 6.87. The van der Waals surface area contributed by atoms with E-state index < -0.39 is 5.82 Å². The van der Waals surface area contributed by atoms with Gasteiger partial charge >= 0.3 is 0 Å². The highest BCUT2D eigenvalue weighted by Crippen LogP contribution is 2.30. The Hall–Kier alpha value is -3.45. The van der Waals surface area contributed by atoms with Gasteiger partial charge in [-0.2, -0.15) is 0 Å². The third-order valence-electron chi connectivity index (χ3n) is 4.88. The van der Waals surface area contributed by atoms with Gasteiger partial charge in [0.1, 0.15) is 11.6 Å². The van der Waals surface area contributed by atoms with E-state index in [0.717, 1.165) is 5.56 Å². The molecule has 0 fully saturated rings. The molecule has 0 amide bonds. The fourth-order valence-electron chi connectivity index (χ4n) is 3.31. The second-order valence-corrected chi connectivity index (χ2v) is 7.82. The van der Waals surface area contributed by atoms with Crippen molar-refractivity contribution in [1.29, 1.82) is 0 Å².